The normalized spacial score (nSPS) is 32.7. The van der Waals surface area contributed by atoms with E-state index in [0.717, 1.165) is 19.4 Å². The Hall–Kier alpha value is -0.710. The summed E-state index contributed by atoms with van der Waals surface area (Å²) in [5.41, 5.74) is -0.0233. The summed E-state index contributed by atoms with van der Waals surface area (Å²) in [6.07, 6.45) is -1.04. The summed E-state index contributed by atoms with van der Waals surface area (Å²) in [6, 6.07) is 0. The lowest BCUT2D eigenvalue weighted by molar-refractivity contribution is -0.142. The molecule has 3 nitrogen and oxygen atoms in total. The number of rotatable bonds is 1. The topological polar surface area (TPSA) is 32.3 Å². The highest BCUT2D eigenvalue weighted by Crippen LogP contribution is 2.30. The molecule has 1 atom stereocenters. The van der Waals surface area contributed by atoms with E-state index in [1.807, 2.05) is 0 Å². The fourth-order valence-electron chi connectivity index (χ4n) is 2.03. The lowest BCUT2D eigenvalue weighted by Crippen LogP contribution is -2.58. The number of halogens is 2. The molecule has 0 radical (unpaired) electrons. The molecule has 5 heteroatoms. The largest absolute Gasteiger partial charge is 0.336 e. The van der Waals surface area contributed by atoms with Crippen molar-refractivity contribution in [1.82, 2.24) is 10.2 Å². The van der Waals surface area contributed by atoms with Crippen molar-refractivity contribution < 1.29 is 13.6 Å². The number of alkyl halides is 2. The van der Waals surface area contributed by atoms with Crippen LogP contribution in [0.4, 0.5) is 8.78 Å². The fraction of sp³-hybridized carbons (Fsp3) is 0.875. The van der Waals surface area contributed by atoms with Gasteiger partial charge < -0.3 is 10.2 Å². The summed E-state index contributed by atoms with van der Waals surface area (Å²) in [6.45, 7) is 1.86. The number of amides is 1. The Bertz CT molecular complexity index is 228. The Morgan fingerprint density at radius 1 is 1.46 bits per heavy atom. The molecule has 2 fully saturated rings. The summed E-state index contributed by atoms with van der Waals surface area (Å²) in [4.78, 5) is 12.2. The molecule has 1 unspecified atom stereocenters. The zero-order valence-electron chi connectivity index (χ0n) is 7.22. The van der Waals surface area contributed by atoms with Crippen molar-refractivity contribution in [3.63, 3.8) is 0 Å². The standard InChI is InChI=1S/C8H12F2N2O/c9-6(10)7(13)12-4-2-8(5-12)1-3-11-8/h6,11H,1-5H2. The molecule has 1 spiro atoms. The monoisotopic (exact) mass is 190 g/mol. The summed E-state index contributed by atoms with van der Waals surface area (Å²) in [5.74, 6) is -1.02. The van der Waals surface area contributed by atoms with Gasteiger partial charge in [0, 0.05) is 18.6 Å². The van der Waals surface area contributed by atoms with Crippen LogP contribution in [0.5, 0.6) is 0 Å². The van der Waals surface area contributed by atoms with E-state index in [9.17, 15) is 13.6 Å². The van der Waals surface area contributed by atoms with E-state index in [4.69, 9.17) is 0 Å². The van der Waals surface area contributed by atoms with Crippen LogP contribution in [0.1, 0.15) is 12.8 Å². The number of hydrogen-bond donors (Lipinski definition) is 1. The molecule has 74 valence electrons. The number of likely N-dealkylation sites (tertiary alicyclic amines) is 1. The van der Waals surface area contributed by atoms with Crippen molar-refractivity contribution in [3.05, 3.63) is 0 Å². The van der Waals surface area contributed by atoms with Gasteiger partial charge in [0.2, 0.25) is 0 Å². The first-order chi connectivity index (χ1) is 6.13. The molecular weight excluding hydrogens is 178 g/mol. The maximum absolute atomic E-state index is 12.0. The Morgan fingerprint density at radius 3 is 2.54 bits per heavy atom. The average molecular weight is 190 g/mol. The number of carbonyl (C=O) groups is 1. The smallest absolute Gasteiger partial charge is 0.315 e. The quantitative estimate of drug-likeness (QED) is 0.641. The molecule has 0 aromatic carbocycles. The van der Waals surface area contributed by atoms with Crippen LogP contribution in [0.3, 0.4) is 0 Å². The minimum absolute atomic E-state index is 0.0233. The third kappa shape index (κ3) is 1.41. The molecule has 0 saturated carbocycles. The molecule has 13 heavy (non-hydrogen) atoms. The summed E-state index contributed by atoms with van der Waals surface area (Å²) in [7, 11) is 0. The SMILES string of the molecule is O=C(C(F)F)N1CCC2(CCN2)C1. The van der Waals surface area contributed by atoms with Gasteiger partial charge in [0.1, 0.15) is 0 Å². The predicted octanol–water partition coefficient (Wildman–Crippen LogP) is 0.216. The maximum Gasteiger partial charge on any atom is 0.315 e. The molecular formula is C8H12F2N2O. The summed E-state index contributed by atoms with van der Waals surface area (Å²) >= 11 is 0. The molecule has 1 amide bonds. The van der Waals surface area contributed by atoms with Crippen LogP contribution in [0.15, 0.2) is 0 Å². The molecule has 2 saturated heterocycles. The van der Waals surface area contributed by atoms with Crippen LogP contribution < -0.4 is 5.32 Å². The van der Waals surface area contributed by atoms with E-state index in [1.165, 1.54) is 4.90 Å². The Labute approximate surface area is 75.1 Å². The lowest BCUT2D eigenvalue weighted by Gasteiger charge is -2.39. The first-order valence-corrected chi connectivity index (χ1v) is 4.45. The Balaban J connectivity index is 1.94. The van der Waals surface area contributed by atoms with E-state index in [-0.39, 0.29) is 5.54 Å². The second kappa shape index (κ2) is 2.90. The van der Waals surface area contributed by atoms with Crippen molar-refractivity contribution >= 4 is 5.91 Å². The van der Waals surface area contributed by atoms with Crippen LogP contribution >= 0.6 is 0 Å². The Morgan fingerprint density at radius 2 is 2.15 bits per heavy atom. The Kier molecular flexibility index (Phi) is 1.98. The van der Waals surface area contributed by atoms with Gasteiger partial charge >= 0.3 is 6.43 Å². The van der Waals surface area contributed by atoms with E-state index in [0.29, 0.717) is 13.1 Å². The number of nitrogens with zero attached hydrogens (tertiary/aromatic N) is 1. The molecule has 0 bridgehead atoms. The molecule has 2 rings (SSSR count). The van der Waals surface area contributed by atoms with Gasteiger partial charge in [0.25, 0.3) is 5.91 Å². The van der Waals surface area contributed by atoms with Crippen molar-refractivity contribution in [2.75, 3.05) is 19.6 Å². The third-order valence-electron chi connectivity index (χ3n) is 2.96. The van der Waals surface area contributed by atoms with Gasteiger partial charge in [-0.1, -0.05) is 0 Å². The highest BCUT2D eigenvalue weighted by molar-refractivity contribution is 5.79. The minimum Gasteiger partial charge on any atom is -0.336 e. The van der Waals surface area contributed by atoms with Gasteiger partial charge in [0.15, 0.2) is 0 Å². The van der Waals surface area contributed by atoms with E-state index in [2.05, 4.69) is 5.32 Å². The van der Waals surface area contributed by atoms with Crippen molar-refractivity contribution in [1.29, 1.82) is 0 Å². The average Bonchev–Trinajstić information content (AvgIpc) is 2.45. The first kappa shape index (κ1) is 8.87. The van der Waals surface area contributed by atoms with Gasteiger partial charge in [-0.2, -0.15) is 8.78 Å². The molecule has 2 heterocycles. The summed E-state index contributed by atoms with van der Waals surface area (Å²) in [5, 5.41) is 3.21. The van der Waals surface area contributed by atoms with Crippen molar-refractivity contribution in [2.24, 2.45) is 0 Å². The molecule has 2 aliphatic rings. The van der Waals surface area contributed by atoms with Crippen LogP contribution in [-0.4, -0.2) is 42.4 Å². The first-order valence-electron chi connectivity index (χ1n) is 4.45. The van der Waals surface area contributed by atoms with Gasteiger partial charge in [-0.05, 0) is 19.4 Å². The van der Waals surface area contributed by atoms with Gasteiger partial charge in [-0.3, -0.25) is 4.79 Å². The molecule has 0 aliphatic carbocycles. The molecule has 2 aliphatic heterocycles. The van der Waals surface area contributed by atoms with Gasteiger partial charge in [-0.15, -0.1) is 0 Å². The highest BCUT2D eigenvalue weighted by Gasteiger charge is 2.45. The van der Waals surface area contributed by atoms with Crippen molar-refractivity contribution in [2.45, 2.75) is 24.8 Å². The molecule has 0 aromatic heterocycles. The van der Waals surface area contributed by atoms with Crippen LogP contribution in [0.2, 0.25) is 0 Å². The number of nitrogens with one attached hydrogen (secondary N) is 1. The summed E-state index contributed by atoms with van der Waals surface area (Å²) < 4.78 is 24.1. The van der Waals surface area contributed by atoms with E-state index < -0.39 is 12.3 Å². The predicted molar refractivity (Wildman–Crippen MR) is 42.6 cm³/mol. The van der Waals surface area contributed by atoms with E-state index >= 15 is 0 Å². The van der Waals surface area contributed by atoms with Crippen LogP contribution in [0.25, 0.3) is 0 Å². The second-order valence-electron chi connectivity index (χ2n) is 3.77. The zero-order chi connectivity index (χ0) is 9.47. The van der Waals surface area contributed by atoms with Crippen molar-refractivity contribution in [3.8, 4) is 0 Å². The third-order valence-corrected chi connectivity index (χ3v) is 2.96. The number of carbonyl (C=O) groups excluding carboxylic acids is 1. The fourth-order valence-corrected chi connectivity index (χ4v) is 2.03. The highest BCUT2D eigenvalue weighted by atomic mass is 19.3. The molecule has 0 aromatic rings. The molecule has 1 N–H and O–H groups in total. The zero-order valence-corrected chi connectivity index (χ0v) is 7.22. The van der Waals surface area contributed by atoms with Gasteiger partial charge in [0.05, 0.1) is 0 Å². The van der Waals surface area contributed by atoms with E-state index in [1.54, 1.807) is 0 Å². The maximum atomic E-state index is 12.0. The van der Waals surface area contributed by atoms with Crippen LogP contribution in [0, 0.1) is 0 Å². The lowest BCUT2D eigenvalue weighted by atomic mass is 9.87. The van der Waals surface area contributed by atoms with Crippen LogP contribution in [-0.2, 0) is 4.79 Å². The number of hydrogen-bond acceptors (Lipinski definition) is 2. The minimum atomic E-state index is -2.85. The van der Waals surface area contributed by atoms with Gasteiger partial charge in [-0.25, -0.2) is 0 Å². The second-order valence-corrected chi connectivity index (χ2v) is 3.77.